The minimum Gasteiger partial charge on any atom is -0.490 e. The molecule has 242 valence electrons. The molecule has 13 heteroatoms. The van der Waals surface area contributed by atoms with Gasteiger partial charge in [0.05, 0.1) is 5.56 Å². The van der Waals surface area contributed by atoms with Crippen LogP contribution >= 0.6 is 0 Å². The van der Waals surface area contributed by atoms with Crippen molar-refractivity contribution in [3.8, 4) is 17.5 Å². The quantitative estimate of drug-likeness (QED) is 0.149. The van der Waals surface area contributed by atoms with E-state index >= 15 is 0 Å². The molecule has 0 amide bonds. The van der Waals surface area contributed by atoms with Crippen LogP contribution in [0.4, 0.5) is 24.7 Å². The van der Waals surface area contributed by atoms with Gasteiger partial charge in [0, 0.05) is 56.4 Å². The molecule has 1 saturated heterocycles. The van der Waals surface area contributed by atoms with Crippen LogP contribution in [-0.4, -0.2) is 58.3 Å². The Bertz CT molecular complexity index is 1650. The van der Waals surface area contributed by atoms with Crippen LogP contribution in [0.1, 0.15) is 28.7 Å². The number of halogens is 3. The van der Waals surface area contributed by atoms with Gasteiger partial charge >= 0.3 is 18.0 Å². The number of nitrogens with zero attached hydrogens (tertiary/aromatic N) is 5. The minimum atomic E-state index is -4.35. The smallest absolute Gasteiger partial charge is 0.416 e. The predicted molar refractivity (Wildman–Crippen MR) is 164 cm³/mol. The van der Waals surface area contributed by atoms with Gasteiger partial charge in [-0.2, -0.15) is 13.2 Å². The third-order valence-corrected chi connectivity index (χ3v) is 8.21. The van der Waals surface area contributed by atoms with Crippen molar-refractivity contribution in [3.05, 3.63) is 105 Å². The van der Waals surface area contributed by atoms with Gasteiger partial charge in [0.2, 0.25) is 0 Å². The standard InChI is InChI=1S/C33H34F3N5O5/c1-23-18-25(4-11-30(23)45-21-24-2-5-26(6-3-24)33(34,35)36)19-38-14-16-39(17-15-38)27-7-9-28(10-8-27)44-22-29-12-13-40-20-31(41(42)43)37-32(40)46-29/h2-11,18,20,29H,12-17,19,21-22H2,1H3/t29-/m0/s1. The van der Waals surface area contributed by atoms with Crippen molar-refractivity contribution < 1.29 is 32.3 Å². The van der Waals surface area contributed by atoms with Gasteiger partial charge in [-0.1, -0.05) is 24.3 Å². The van der Waals surface area contributed by atoms with Crippen LogP contribution in [0.5, 0.6) is 17.5 Å². The summed E-state index contributed by atoms with van der Waals surface area (Å²) in [4.78, 5) is 19.1. The lowest BCUT2D eigenvalue weighted by atomic mass is 10.1. The molecule has 1 fully saturated rings. The van der Waals surface area contributed by atoms with E-state index < -0.39 is 16.7 Å². The second-order valence-electron chi connectivity index (χ2n) is 11.5. The highest BCUT2D eigenvalue weighted by Gasteiger charge is 2.30. The Morgan fingerprint density at radius 1 is 0.957 bits per heavy atom. The average molecular weight is 638 g/mol. The van der Waals surface area contributed by atoms with Crippen molar-refractivity contribution in [3.63, 3.8) is 0 Å². The monoisotopic (exact) mass is 637 g/mol. The van der Waals surface area contributed by atoms with Crippen LogP contribution in [0.25, 0.3) is 0 Å². The Kier molecular flexibility index (Phi) is 9.02. The van der Waals surface area contributed by atoms with E-state index in [0.717, 1.165) is 61.9 Å². The number of piperazine rings is 1. The van der Waals surface area contributed by atoms with E-state index in [1.54, 1.807) is 4.57 Å². The number of aryl methyl sites for hydroxylation is 2. The molecule has 1 atom stereocenters. The third kappa shape index (κ3) is 7.53. The fraction of sp³-hybridized carbons (Fsp3) is 0.364. The molecular weight excluding hydrogens is 603 g/mol. The molecule has 0 N–H and O–H groups in total. The number of rotatable bonds is 10. The van der Waals surface area contributed by atoms with E-state index in [1.807, 2.05) is 31.2 Å². The van der Waals surface area contributed by atoms with Crippen LogP contribution in [0.3, 0.4) is 0 Å². The second kappa shape index (κ2) is 13.3. The number of anilines is 1. The lowest BCUT2D eigenvalue weighted by molar-refractivity contribution is -0.389. The lowest BCUT2D eigenvalue weighted by Crippen LogP contribution is -2.45. The number of benzene rings is 3. The number of fused-ring (bicyclic) bond motifs is 1. The van der Waals surface area contributed by atoms with Crippen LogP contribution in [0, 0.1) is 17.0 Å². The van der Waals surface area contributed by atoms with Gasteiger partial charge in [-0.05, 0) is 71.0 Å². The first-order chi connectivity index (χ1) is 22.1. The summed E-state index contributed by atoms with van der Waals surface area (Å²) in [6.07, 6.45) is -2.52. The Balaban J connectivity index is 0.933. The molecule has 1 aromatic heterocycles. The number of hydrogen-bond acceptors (Lipinski definition) is 8. The van der Waals surface area contributed by atoms with E-state index in [-0.39, 0.29) is 24.5 Å². The summed E-state index contributed by atoms with van der Waals surface area (Å²) in [6.45, 7) is 7.51. The molecule has 0 aliphatic carbocycles. The first-order valence-corrected chi connectivity index (χ1v) is 15.1. The summed E-state index contributed by atoms with van der Waals surface area (Å²) in [6, 6.07) is 19.3. The molecule has 46 heavy (non-hydrogen) atoms. The van der Waals surface area contributed by atoms with Gasteiger partial charge in [0.15, 0.2) is 0 Å². The lowest BCUT2D eigenvalue weighted by Gasteiger charge is -2.36. The zero-order chi connectivity index (χ0) is 32.3. The van der Waals surface area contributed by atoms with Crippen molar-refractivity contribution in [2.24, 2.45) is 0 Å². The largest absolute Gasteiger partial charge is 0.490 e. The average Bonchev–Trinajstić information content (AvgIpc) is 3.48. The Morgan fingerprint density at radius 2 is 1.67 bits per heavy atom. The van der Waals surface area contributed by atoms with Gasteiger partial charge in [0.1, 0.15) is 37.0 Å². The number of alkyl halides is 3. The second-order valence-corrected chi connectivity index (χ2v) is 11.5. The fourth-order valence-electron chi connectivity index (χ4n) is 5.62. The molecule has 0 spiro atoms. The van der Waals surface area contributed by atoms with Gasteiger partial charge in [0.25, 0.3) is 0 Å². The first kappa shape index (κ1) is 31.2. The third-order valence-electron chi connectivity index (χ3n) is 8.21. The SMILES string of the molecule is Cc1cc(CN2CCN(c3ccc(OC[C@@H]4CCn5cc([N+](=O)[O-])nc5O4)cc3)CC2)ccc1OCc1ccc(C(F)(F)F)cc1. The van der Waals surface area contributed by atoms with E-state index in [4.69, 9.17) is 14.2 Å². The molecule has 0 unspecified atom stereocenters. The Labute approximate surface area is 264 Å². The minimum absolute atomic E-state index is 0.198. The molecule has 0 saturated carbocycles. The van der Waals surface area contributed by atoms with Gasteiger partial charge in [-0.25, -0.2) is 0 Å². The topological polar surface area (TPSA) is 95.1 Å². The molecule has 10 nitrogen and oxygen atoms in total. The van der Waals surface area contributed by atoms with E-state index in [0.29, 0.717) is 30.9 Å². The van der Waals surface area contributed by atoms with Gasteiger partial charge in [-0.3, -0.25) is 9.47 Å². The summed E-state index contributed by atoms with van der Waals surface area (Å²) >= 11 is 0. The van der Waals surface area contributed by atoms with Crippen LogP contribution in [-0.2, 0) is 25.9 Å². The van der Waals surface area contributed by atoms with Crippen molar-refractivity contribution in [1.29, 1.82) is 0 Å². The number of ether oxygens (including phenoxy) is 3. The maximum absolute atomic E-state index is 12.8. The predicted octanol–water partition coefficient (Wildman–Crippen LogP) is 6.25. The molecular formula is C33H34F3N5O5. The van der Waals surface area contributed by atoms with E-state index in [2.05, 4.69) is 33.0 Å². The Morgan fingerprint density at radius 3 is 2.35 bits per heavy atom. The molecule has 3 aromatic carbocycles. The molecule has 0 radical (unpaired) electrons. The highest BCUT2D eigenvalue weighted by molar-refractivity contribution is 5.49. The molecule has 0 bridgehead atoms. The molecule has 2 aliphatic rings. The maximum Gasteiger partial charge on any atom is 0.416 e. The van der Waals surface area contributed by atoms with Crippen LogP contribution in [0.2, 0.25) is 0 Å². The molecule has 2 aliphatic heterocycles. The first-order valence-electron chi connectivity index (χ1n) is 15.1. The Hall–Kier alpha value is -4.78. The van der Waals surface area contributed by atoms with Crippen molar-refractivity contribution >= 4 is 11.5 Å². The number of hydrogen-bond donors (Lipinski definition) is 0. The van der Waals surface area contributed by atoms with Crippen molar-refractivity contribution in [2.75, 3.05) is 37.7 Å². The summed E-state index contributed by atoms with van der Waals surface area (Å²) in [7, 11) is 0. The zero-order valence-electron chi connectivity index (χ0n) is 25.3. The number of nitro groups is 1. The van der Waals surface area contributed by atoms with E-state index in [9.17, 15) is 23.3 Å². The van der Waals surface area contributed by atoms with Crippen LogP contribution < -0.4 is 19.1 Å². The van der Waals surface area contributed by atoms with Crippen molar-refractivity contribution in [2.45, 2.75) is 45.3 Å². The van der Waals surface area contributed by atoms with Crippen molar-refractivity contribution in [1.82, 2.24) is 14.5 Å². The molecule has 4 aromatic rings. The fourth-order valence-corrected chi connectivity index (χ4v) is 5.62. The summed E-state index contributed by atoms with van der Waals surface area (Å²) in [5.74, 6) is 1.22. The number of imidazole rings is 1. The summed E-state index contributed by atoms with van der Waals surface area (Å²) in [5, 5.41) is 11.0. The van der Waals surface area contributed by atoms with E-state index in [1.165, 1.54) is 23.9 Å². The normalized spacial score (nSPS) is 16.9. The highest BCUT2D eigenvalue weighted by atomic mass is 19.4. The van der Waals surface area contributed by atoms with Gasteiger partial charge in [-0.15, -0.1) is 0 Å². The zero-order valence-corrected chi connectivity index (χ0v) is 25.3. The van der Waals surface area contributed by atoms with Crippen LogP contribution in [0.15, 0.2) is 72.9 Å². The van der Waals surface area contributed by atoms with Gasteiger partial charge < -0.3 is 29.2 Å². The highest BCUT2D eigenvalue weighted by Crippen LogP contribution is 2.30. The maximum atomic E-state index is 12.8. The number of aromatic nitrogens is 2. The molecule has 3 heterocycles. The summed E-state index contributed by atoms with van der Waals surface area (Å²) < 4.78 is 57.7. The summed E-state index contributed by atoms with van der Waals surface area (Å²) in [5.41, 5.74) is 3.29. The molecule has 6 rings (SSSR count).